The Bertz CT molecular complexity index is 818. The molecule has 0 spiro atoms. The molecule has 1 fully saturated rings. The number of aryl methyl sites for hydroxylation is 2. The van der Waals surface area contributed by atoms with Crippen LogP contribution in [0.2, 0.25) is 0 Å². The molecule has 2 amide bonds. The fraction of sp³-hybridized carbons (Fsp3) is 0.632. The van der Waals surface area contributed by atoms with E-state index in [1.54, 1.807) is 22.8 Å². The quantitative estimate of drug-likeness (QED) is 0.651. The molecule has 10 heteroatoms. The number of ether oxygens (including phenoxy) is 1. The van der Waals surface area contributed by atoms with Crippen LogP contribution in [0, 0.1) is 19.8 Å². The fourth-order valence-corrected chi connectivity index (χ4v) is 3.80. The highest BCUT2D eigenvalue weighted by atomic mass is 16.5. The standard InChI is InChI=1S/C19H29N7O3/c1-13-8-14(2)26(24-13)10-18(27)23-16-5-4-15(9-17(16)29-3)19(28)21-6-7-25-12-20-11-22-25/h8,11-12,15-17H,4-7,9-10H2,1-3H3,(H,21,28)(H,23,27)/t15-,16+,17+/m0/s1. The lowest BCUT2D eigenvalue weighted by Gasteiger charge is -2.35. The Morgan fingerprint density at radius 3 is 2.79 bits per heavy atom. The van der Waals surface area contributed by atoms with Crippen LogP contribution in [0.15, 0.2) is 18.7 Å². The Balaban J connectivity index is 1.46. The summed E-state index contributed by atoms with van der Waals surface area (Å²) >= 11 is 0. The van der Waals surface area contributed by atoms with Gasteiger partial charge in [0.25, 0.3) is 0 Å². The number of carbonyl (C=O) groups excluding carboxylic acids is 2. The Hall–Kier alpha value is -2.75. The second-order valence-corrected chi connectivity index (χ2v) is 7.49. The molecule has 2 heterocycles. The molecule has 0 bridgehead atoms. The Morgan fingerprint density at radius 2 is 2.14 bits per heavy atom. The van der Waals surface area contributed by atoms with Gasteiger partial charge in [-0.2, -0.15) is 10.2 Å². The minimum absolute atomic E-state index is 0.0135. The van der Waals surface area contributed by atoms with Gasteiger partial charge in [0.1, 0.15) is 19.2 Å². The number of hydrogen-bond acceptors (Lipinski definition) is 6. The summed E-state index contributed by atoms with van der Waals surface area (Å²) in [6, 6.07) is 1.83. The number of rotatable bonds is 8. The SMILES string of the molecule is CO[C@@H]1C[C@@H](C(=O)NCCn2cncn2)CC[C@H]1NC(=O)Cn1nc(C)cc1C. The first-order valence-electron chi connectivity index (χ1n) is 9.89. The van der Waals surface area contributed by atoms with Gasteiger partial charge in [-0.15, -0.1) is 0 Å². The molecule has 1 saturated carbocycles. The van der Waals surface area contributed by atoms with Crippen molar-refractivity contribution < 1.29 is 14.3 Å². The first kappa shape index (κ1) is 21.0. The lowest BCUT2D eigenvalue weighted by Crippen LogP contribution is -2.50. The smallest absolute Gasteiger partial charge is 0.242 e. The minimum atomic E-state index is -0.195. The van der Waals surface area contributed by atoms with Gasteiger partial charge < -0.3 is 15.4 Å². The van der Waals surface area contributed by atoms with Crippen molar-refractivity contribution in [1.29, 1.82) is 0 Å². The maximum atomic E-state index is 12.5. The number of methoxy groups -OCH3 is 1. The number of nitrogens with one attached hydrogen (secondary N) is 2. The zero-order valence-electron chi connectivity index (χ0n) is 17.2. The highest BCUT2D eigenvalue weighted by molar-refractivity contribution is 5.79. The number of aromatic nitrogens is 5. The monoisotopic (exact) mass is 403 g/mol. The third-order valence-corrected chi connectivity index (χ3v) is 5.32. The zero-order chi connectivity index (χ0) is 20.8. The summed E-state index contributed by atoms with van der Waals surface area (Å²) in [5.41, 5.74) is 1.84. The van der Waals surface area contributed by atoms with E-state index >= 15 is 0 Å². The predicted molar refractivity (Wildman–Crippen MR) is 105 cm³/mol. The van der Waals surface area contributed by atoms with E-state index in [9.17, 15) is 9.59 Å². The summed E-state index contributed by atoms with van der Waals surface area (Å²) in [5, 5.41) is 14.3. The third kappa shape index (κ3) is 5.63. The van der Waals surface area contributed by atoms with E-state index in [1.807, 2.05) is 19.9 Å². The van der Waals surface area contributed by atoms with Crippen LogP contribution in [0.4, 0.5) is 0 Å². The number of amides is 2. The molecule has 2 N–H and O–H groups in total. The van der Waals surface area contributed by atoms with Gasteiger partial charge in [-0.05, 0) is 39.2 Å². The van der Waals surface area contributed by atoms with E-state index in [0.717, 1.165) is 11.4 Å². The number of hydrogen-bond donors (Lipinski definition) is 2. The third-order valence-electron chi connectivity index (χ3n) is 5.32. The molecule has 3 rings (SSSR count). The molecule has 3 atom stereocenters. The highest BCUT2D eigenvalue weighted by Gasteiger charge is 2.34. The lowest BCUT2D eigenvalue weighted by molar-refractivity contribution is -0.129. The van der Waals surface area contributed by atoms with Crippen LogP contribution < -0.4 is 10.6 Å². The van der Waals surface area contributed by atoms with Crippen LogP contribution in [0.1, 0.15) is 30.7 Å². The van der Waals surface area contributed by atoms with Crippen LogP contribution in [-0.4, -0.2) is 62.2 Å². The Morgan fingerprint density at radius 1 is 1.31 bits per heavy atom. The molecule has 2 aromatic rings. The first-order chi connectivity index (χ1) is 14.0. The van der Waals surface area contributed by atoms with E-state index in [2.05, 4.69) is 25.8 Å². The van der Waals surface area contributed by atoms with Crippen molar-refractivity contribution in [3.05, 3.63) is 30.1 Å². The van der Waals surface area contributed by atoms with Crippen LogP contribution in [-0.2, 0) is 27.4 Å². The predicted octanol–water partition coefficient (Wildman–Crippen LogP) is 0.208. The summed E-state index contributed by atoms with van der Waals surface area (Å²) in [4.78, 5) is 28.8. The minimum Gasteiger partial charge on any atom is -0.379 e. The average Bonchev–Trinajstić information content (AvgIpc) is 3.31. The van der Waals surface area contributed by atoms with Crippen LogP contribution in [0.3, 0.4) is 0 Å². The molecule has 1 aliphatic carbocycles. The average molecular weight is 403 g/mol. The molecule has 29 heavy (non-hydrogen) atoms. The maximum absolute atomic E-state index is 12.5. The van der Waals surface area contributed by atoms with Gasteiger partial charge in [0.2, 0.25) is 11.8 Å². The van der Waals surface area contributed by atoms with Gasteiger partial charge in [0, 0.05) is 25.3 Å². The van der Waals surface area contributed by atoms with E-state index in [4.69, 9.17) is 4.74 Å². The summed E-state index contributed by atoms with van der Waals surface area (Å²) in [7, 11) is 1.62. The topological polar surface area (TPSA) is 116 Å². The van der Waals surface area contributed by atoms with Gasteiger partial charge >= 0.3 is 0 Å². The van der Waals surface area contributed by atoms with Crippen molar-refractivity contribution in [3.63, 3.8) is 0 Å². The molecule has 0 radical (unpaired) electrons. The highest BCUT2D eigenvalue weighted by Crippen LogP contribution is 2.27. The summed E-state index contributed by atoms with van der Waals surface area (Å²) in [5.74, 6) is -0.210. The van der Waals surface area contributed by atoms with E-state index in [-0.39, 0.29) is 36.4 Å². The van der Waals surface area contributed by atoms with Gasteiger partial charge in [0.05, 0.1) is 24.4 Å². The van der Waals surface area contributed by atoms with E-state index < -0.39 is 0 Å². The molecular weight excluding hydrogens is 374 g/mol. The van der Waals surface area contributed by atoms with E-state index in [0.29, 0.717) is 32.4 Å². The molecule has 0 aliphatic heterocycles. The summed E-state index contributed by atoms with van der Waals surface area (Å²) in [6.07, 6.45) is 4.88. The van der Waals surface area contributed by atoms with Gasteiger partial charge in [-0.1, -0.05) is 0 Å². The maximum Gasteiger partial charge on any atom is 0.242 e. The van der Waals surface area contributed by atoms with E-state index in [1.165, 1.54) is 6.33 Å². The van der Waals surface area contributed by atoms with Gasteiger partial charge in [0.15, 0.2) is 0 Å². The van der Waals surface area contributed by atoms with Gasteiger partial charge in [-0.3, -0.25) is 19.0 Å². The summed E-state index contributed by atoms with van der Waals surface area (Å²) < 4.78 is 8.96. The van der Waals surface area contributed by atoms with Crippen molar-refractivity contribution in [2.75, 3.05) is 13.7 Å². The van der Waals surface area contributed by atoms with Crippen LogP contribution >= 0.6 is 0 Å². The molecule has 0 saturated heterocycles. The fourth-order valence-electron chi connectivity index (χ4n) is 3.80. The molecule has 0 aromatic carbocycles. The normalized spacial score (nSPS) is 21.7. The van der Waals surface area contributed by atoms with Crippen molar-refractivity contribution in [2.45, 2.75) is 58.3 Å². The molecule has 1 aliphatic rings. The second kappa shape index (κ2) is 9.64. The number of carbonyl (C=O) groups is 2. The van der Waals surface area contributed by atoms with Crippen molar-refractivity contribution in [1.82, 2.24) is 35.2 Å². The van der Waals surface area contributed by atoms with Crippen molar-refractivity contribution >= 4 is 11.8 Å². The van der Waals surface area contributed by atoms with Crippen LogP contribution in [0.5, 0.6) is 0 Å². The Kier molecular flexibility index (Phi) is 6.97. The summed E-state index contributed by atoms with van der Waals surface area (Å²) in [6.45, 7) is 5.09. The van der Waals surface area contributed by atoms with Crippen molar-refractivity contribution in [3.8, 4) is 0 Å². The second-order valence-electron chi connectivity index (χ2n) is 7.49. The van der Waals surface area contributed by atoms with Gasteiger partial charge in [-0.25, -0.2) is 4.98 Å². The van der Waals surface area contributed by atoms with Crippen molar-refractivity contribution in [2.24, 2.45) is 5.92 Å². The molecular formula is C19H29N7O3. The lowest BCUT2D eigenvalue weighted by atomic mass is 9.83. The molecule has 2 aromatic heterocycles. The molecule has 0 unspecified atom stereocenters. The number of nitrogens with zero attached hydrogens (tertiary/aromatic N) is 5. The molecule has 10 nitrogen and oxygen atoms in total. The zero-order valence-corrected chi connectivity index (χ0v) is 17.2. The first-order valence-corrected chi connectivity index (χ1v) is 9.89. The van der Waals surface area contributed by atoms with Crippen LogP contribution in [0.25, 0.3) is 0 Å². The Labute approximate surface area is 170 Å². The largest absolute Gasteiger partial charge is 0.379 e. The molecule has 158 valence electrons.